The Bertz CT molecular complexity index is 1880. The van der Waals surface area contributed by atoms with E-state index in [1.165, 1.54) is 23.1 Å². The number of fused-ring (bicyclic) bond motifs is 2. The highest BCUT2D eigenvalue weighted by atomic mass is 19.4. The molecule has 10 heteroatoms. The number of ketones is 1. The highest BCUT2D eigenvalue weighted by molar-refractivity contribution is 6.12. The molecule has 0 saturated heterocycles. The van der Waals surface area contributed by atoms with Crippen LogP contribution in [0.2, 0.25) is 0 Å². The van der Waals surface area contributed by atoms with Crippen molar-refractivity contribution in [1.29, 1.82) is 0 Å². The zero-order valence-electron chi connectivity index (χ0n) is 22.6. The first-order valence-corrected chi connectivity index (χ1v) is 13.5. The number of hydrogen-bond donors (Lipinski definition) is 0. The number of halogens is 3. The van der Waals surface area contributed by atoms with Gasteiger partial charge in [0, 0.05) is 22.9 Å². The third-order valence-electron chi connectivity index (χ3n) is 7.12. The summed E-state index contributed by atoms with van der Waals surface area (Å²) >= 11 is 0. The first-order valence-electron chi connectivity index (χ1n) is 13.5. The van der Waals surface area contributed by atoms with E-state index in [4.69, 9.17) is 9.15 Å². The van der Waals surface area contributed by atoms with E-state index in [0.29, 0.717) is 40.2 Å². The molecular formula is C32H25F3N4O3. The molecule has 0 radical (unpaired) electrons. The lowest BCUT2D eigenvalue weighted by atomic mass is 9.93. The summed E-state index contributed by atoms with van der Waals surface area (Å²) in [5.41, 5.74) is 2.33. The largest absolute Gasteiger partial charge is 0.470 e. The van der Waals surface area contributed by atoms with Crippen LogP contribution in [0.5, 0.6) is 5.75 Å². The third kappa shape index (κ3) is 5.23. The molecule has 6 rings (SSSR count). The number of aromatic nitrogens is 4. The van der Waals surface area contributed by atoms with Gasteiger partial charge in [-0.2, -0.15) is 17.9 Å². The second kappa shape index (κ2) is 11.1. The molecule has 0 aliphatic carbocycles. The number of unbranched alkanes of at least 4 members (excludes halogenated alkanes) is 1. The van der Waals surface area contributed by atoms with Crippen molar-refractivity contribution in [2.24, 2.45) is 0 Å². The summed E-state index contributed by atoms with van der Waals surface area (Å²) in [4.78, 5) is 13.3. The summed E-state index contributed by atoms with van der Waals surface area (Å²) in [6.45, 7) is 2.05. The minimum atomic E-state index is -4.45. The molecule has 0 spiro atoms. The van der Waals surface area contributed by atoms with E-state index >= 15 is 0 Å². The number of Topliss-reactive ketones (excluding diaryl/α,β-unsaturated/α-hetero) is 1. The van der Waals surface area contributed by atoms with Crippen molar-refractivity contribution in [2.75, 3.05) is 0 Å². The van der Waals surface area contributed by atoms with Crippen LogP contribution in [0.4, 0.5) is 13.2 Å². The Morgan fingerprint density at radius 1 is 0.952 bits per heavy atom. The van der Waals surface area contributed by atoms with Crippen molar-refractivity contribution in [3.63, 3.8) is 0 Å². The first kappa shape index (κ1) is 27.2. The quantitative estimate of drug-likeness (QED) is 0.163. The van der Waals surface area contributed by atoms with Crippen molar-refractivity contribution in [1.82, 2.24) is 20.2 Å². The average molecular weight is 571 g/mol. The minimum absolute atomic E-state index is 0.00639. The molecule has 6 aromatic rings. The van der Waals surface area contributed by atoms with Crippen LogP contribution in [0.15, 0.2) is 89.6 Å². The van der Waals surface area contributed by atoms with Gasteiger partial charge in [-0.25, -0.2) is 0 Å². The lowest BCUT2D eigenvalue weighted by Crippen LogP contribution is -2.07. The van der Waals surface area contributed by atoms with Gasteiger partial charge in [-0.1, -0.05) is 61.9 Å². The lowest BCUT2D eigenvalue weighted by Gasteiger charge is -2.16. The molecule has 0 fully saturated rings. The van der Waals surface area contributed by atoms with Crippen LogP contribution < -0.4 is 4.74 Å². The van der Waals surface area contributed by atoms with Crippen LogP contribution in [0.1, 0.15) is 42.1 Å². The summed E-state index contributed by atoms with van der Waals surface area (Å²) < 4.78 is 53.5. The number of carbonyl (C=O) groups excluding carboxylic acids is 1. The van der Waals surface area contributed by atoms with Gasteiger partial charge in [0.25, 0.3) is 0 Å². The topological polar surface area (TPSA) is 83.0 Å². The van der Waals surface area contributed by atoms with Crippen molar-refractivity contribution in [3.8, 4) is 28.2 Å². The second-order valence-corrected chi connectivity index (χ2v) is 9.90. The molecule has 0 aliphatic heterocycles. The van der Waals surface area contributed by atoms with E-state index < -0.39 is 11.7 Å². The highest BCUT2D eigenvalue weighted by Crippen LogP contribution is 2.42. The molecule has 0 bridgehead atoms. The summed E-state index contributed by atoms with van der Waals surface area (Å²) in [5.74, 6) is 0.965. The maximum absolute atomic E-state index is 13.3. The number of benzene rings is 4. The molecule has 0 unspecified atom stereocenters. The van der Waals surface area contributed by atoms with Gasteiger partial charge in [0.05, 0.1) is 11.1 Å². The molecule has 0 amide bonds. The zero-order valence-corrected chi connectivity index (χ0v) is 22.6. The lowest BCUT2D eigenvalue weighted by molar-refractivity contribution is -0.137. The van der Waals surface area contributed by atoms with Gasteiger partial charge in [0.2, 0.25) is 0 Å². The monoisotopic (exact) mass is 570 g/mol. The van der Waals surface area contributed by atoms with Gasteiger partial charge < -0.3 is 9.15 Å². The average Bonchev–Trinajstić information content (AvgIpc) is 3.66. The van der Waals surface area contributed by atoms with Crippen molar-refractivity contribution in [3.05, 3.63) is 96.3 Å². The second-order valence-electron chi connectivity index (χ2n) is 9.90. The molecular weight excluding hydrogens is 545 g/mol. The van der Waals surface area contributed by atoms with Gasteiger partial charge >= 0.3 is 6.18 Å². The molecule has 2 heterocycles. The van der Waals surface area contributed by atoms with Gasteiger partial charge in [-0.05, 0) is 63.5 Å². The van der Waals surface area contributed by atoms with Crippen LogP contribution in [0.25, 0.3) is 44.2 Å². The number of tetrazole rings is 1. The van der Waals surface area contributed by atoms with Crippen LogP contribution in [-0.4, -0.2) is 26.0 Å². The first-order chi connectivity index (χ1) is 20.3. The Labute approximate surface area is 238 Å². The molecule has 0 aliphatic rings. The number of alkyl halides is 3. The van der Waals surface area contributed by atoms with Crippen LogP contribution in [0.3, 0.4) is 0 Å². The maximum atomic E-state index is 13.3. The fraction of sp³-hybridized carbons (Fsp3) is 0.188. The van der Waals surface area contributed by atoms with Gasteiger partial charge in [0.15, 0.2) is 12.5 Å². The highest BCUT2D eigenvalue weighted by Gasteiger charge is 2.30. The van der Waals surface area contributed by atoms with E-state index in [2.05, 4.69) is 15.5 Å². The molecule has 42 heavy (non-hydrogen) atoms. The van der Waals surface area contributed by atoms with Crippen molar-refractivity contribution in [2.45, 2.75) is 39.1 Å². The molecule has 0 atom stereocenters. The number of ether oxygens (including phenoxy) is 1. The Morgan fingerprint density at radius 2 is 1.74 bits per heavy atom. The Balaban J connectivity index is 1.48. The van der Waals surface area contributed by atoms with Crippen molar-refractivity contribution >= 4 is 27.5 Å². The molecule has 0 N–H and O–H groups in total. The Hall–Kier alpha value is -4.99. The number of carbonyl (C=O) groups is 1. The standard InChI is InChI=1S/C32H25F3N4O3/c1-2-3-7-26(40)30-25-6-4-5-8-27(25)42-31(30)22-11-15-24-21(17-22)12-16-28(41-19-39-18-36-37-38-39)29(24)20-9-13-23(14-10-20)32(33,34)35/h4-6,8-18H,2-3,7,19H2,1H3. The number of hydrogen-bond acceptors (Lipinski definition) is 6. The molecule has 0 saturated carbocycles. The van der Waals surface area contributed by atoms with E-state index in [-0.39, 0.29) is 12.5 Å². The van der Waals surface area contributed by atoms with Gasteiger partial charge in [-0.3, -0.25) is 4.79 Å². The third-order valence-corrected chi connectivity index (χ3v) is 7.12. The molecule has 2 aromatic heterocycles. The summed E-state index contributed by atoms with van der Waals surface area (Å²) in [6.07, 6.45) is -0.959. The molecule has 7 nitrogen and oxygen atoms in total. The fourth-order valence-electron chi connectivity index (χ4n) is 5.06. The number of rotatable bonds is 9. The fourth-order valence-corrected chi connectivity index (χ4v) is 5.06. The van der Waals surface area contributed by atoms with Crippen molar-refractivity contribution < 1.29 is 27.1 Å². The normalized spacial score (nSPS) is 11.8. The van der Waals surface area contributed by atoms with Gasteiger partial charge in [0.1, 0.15) is 23.4 Å². The minimum Gasteiger partial charge on any atom is -0.470 e. The molecule has 212 valence electrons. The number of para-hydroxylation sites is 1. The predicted octanol–water partition coefficient (Wildman–Crippen LogP) is 8.33. The van der Waals surface area contributed by atoms with Crippen LogP contribution >= 0.6 is 0 Å². The van der Waals surface area contributed by atoms with Crippen LogP contribution in [0, 0.1) is 0 Å². The Kier molecular flexibility index (Phi) is 7.20. The van der Waals surface area contributed by atoms with Crippen LogP contribution in [-0.2, 0) is 12.9 Å². The summed E-state index contributed by atoms with van der Waals surface area (Å²) in [7, 11) is 0. The summed E-state index contributed by atoms with van der Waals surface area (Å²) in [5, 5.41) is 13.3. The number of furan rings is 1. The number of nitrogens with zero attached hydrogens (tertiary/aromatic N) is 4. The van der Waals surface area contributed by atoms with Gasteiger partial charge in [-0.15, -0.1) is 5.10 Å². The maximum Gasteiger partial charge on any atom is 0.416 e. The van der Waals surface area contributed by atoms with E-state index in [0.717, 1.165) is 46.7 Å². The SMILES string of the molecule is CCCCC(=O)c1c(-c2ccc3c(-c4ccc(C(F)(F)F)cc4)c(OCn4cnnn4)ccc3c2)oc2ccccc12. The zero-order chi connectivity index (χ0) is 29.3. The van der Waals surface area contributed by atoms with E-state index in [1.54, 1.807) is 6.07 Å². The van der Waals surface area contributed by atoms with E-state index in [1.807, 2.05) is 55.5 Å². The predicted molar refractivity (Wildman–Crippen MR) is 152 cm³/mol. The smallest absolute Gasteiger partial charge is 0.416 e. The summed E-state index contributed by atoms with van der Waals surface area (Å²) in [6, 6.07) is 21.7. The Morgan fingerprint density at radius 3 is 2.48 bits per heavy atom. The molecule has 4 aromatic carbocycles. The van der Waals surface area contributed by atoms with E-state index in [9.17, 15) is 18.0 Å².